The van der Waals surface area contributed by atoms with Crippen LogP contribution in [-0.4, -0.2) is 48.3 Å². The Balaban J connectivity index is 1.85. The van der Waals surface area contributed by atoms with Crippen LogP contribution in [0, 0.1) is 5.92 Å². The predicted molar refractivity (Wildman–Crippen MR) is 61.9 cm³/mol. The highest BCUT2D eigenvalue weighted by molar-refractivity contribution is 4.83. The first-order chi connectivity index (χ1) is 7.27. The third-order valence-corrected chi connectivity index (χ3v) is 4.00. The van der Waals surface area contributed by atoms with Crippen molar-refractivity contribution >= 4 is 0 Å². The van der Waals surface area contributed by atoms with Crippen LogP contribution in [0.25, 0.3) is 0 Å². The lowest BCUT2D eigenvalue weighted by molar-refractivity contribution is 0.0369. The van der Waals surface area contributed by atoms with Gasteiger partial charge in [0.1, 0.15) is 0 Å². The fraction of sp³-hybridized carbons (Fsp3) is 1.00. The van der Waals surface area contributed by atoms with E-state index in [1.165, 1.54) is 45.3 Å². The maximum Gasteiger partial charge on any atom is 0.0552 e. The first kappa shape index (κ1) is 11.4. The lowest BCUT2D eigenvalue weighted by atomic mass is 9.91. The maximum atomic E-state index is 9.65. The minimum atomic E-state index is -0.130. The zero-order chi connectivity index (χ0) is 10.7. The highest BCUT2D eigenvalue weighted by atomic mass is 16.3. The molecule has 2 saturated heterocycles. The van der Waals surface area contributed by atoms with Crippen molar-refractivity contribution < 1.29 is 5.11 Å². The fourth-order valence-electron chi connectivity index (χ4n) is 2.94. The predicted octanol–water partition coefficient (Wildman–Crippen LogP) is 0.831. The van der Waals surface area contributed by atoms with Crippen LogP contribution >= 0.6 is 0 Å². The van der Waals surface area contributed by atoms with Crippen LogP contribution in [0.3, 0.4) is 0 Å². The average molecular weight is 212 g/mol. The van der Waals surface area contributed by atoms with Crippen LogP contribution in [0.15, 0.2) is 0 Å². The first-order valence-electron chi connectivity index (χ1n) is 6.40. The van der Waals surface area contributed by atoms with Gasteiger partial charge >= 0.3 is 0 Å². The number of piperidine rings is 2. The van der Waals surface area contributed by atoms with E-state index in [0.29, 0.717) is 5.92 Å². The van der Waals surface area contributed by atoms with E-state index < -0.39 is 0 Å². The Bertz CT molecular complexity index is 190. The number of aliphatic hydroxyl groups is 1. The smallest absolute Gasteiger partial charge is 0.0552 e. The summed E-state index contributed by atoms with van der Waals surface area (Å²) in [6, 6.07) is 0.771. The Kier molecular flexibility index (Phi) is 4.00. The average Bonchev–Trinajstić information content (AvgIpc) is 2.30. The van der Waals surface area contributed by atoms with Gasteiger partial charge in [0, 0.05) is 12.6 Å². The van der Waals surface area contributed by atoms with Gasteiger partial charge in [0.2, 0.25) is 0 Å². The quantitative estimate of drug-likeness (QED) is 0.712. The minimum absolute atomic E-state index is 0.130. The molecular weight excluding hydrogens is 188 g/mol. The first-order valence-corrected chi connectivity index (χ1v) is 6.40. The summed E-state index contributed by atoms with van der Waals surface area (Å²) in [6.45, 7) is 6.63. The zero-order valence-corrected chi connectivity index (χ0v) is 9.78. The number of hydrogen-bond donors (Lipinski definition) is 2. The van der Waals surface area contributed by atoms with Gasteiger partial charge in [-0.1, -0.05) is 0 Å². The van der Waals surface area contributed by atoms with Crippen molar-refractivity contribution in [2.75, 3.05) is 26.2 Å². The molecule has 0 amide bonds. The largest absolute Gasteiger partial charge is 0.393 e. The highest BCUT2D eigenvalue weighted by Crippen LogP contribution is 2.24. The van der Waals surface area contributed by atoms with Crippen LogP contribution in [0.5, 0.6) is 0 Å². The summed E-state index contributed by atoms with van der Waals surface area (Å²) < 4.78 is 0. The van der Waals surface area contributed by atoms with Gasteiger partial charge < -0.3 is 10.4 Å². The van der Waals surface area contributed by atoms with E-state index in [1.54, 1.807) is 0 Å². The van der Waals surface area contributed by atoms with E-state index in [9.17, 15) is 5.11 Å². The summed E-state index contributed by atoms with van der Waals surface area (Å²) in [5.74, 6) is 0.508. The second kappa shape index (κ2) is 5.28. The van der Waals surface area contributed by atoms with Crippen LogP contribution in [-0.2, 0) is 0 Å². The van der Waals surface area contributed by atoms with Gasteiger partial charge in [0.05, 0.1) is 6.10 Å². The molecule has 88 valence electrons. The molecular formula is C12H24N2O. The monoisotopic (exact) mass is 212 g/mol. The zero-order valence-electron chi connectivity index (χ0n) is 9.78. The lowest BCUT2D eigenvalue weighted by Crippen LogP contribution is -2.48. The summed E-state index contributed by atoms with van der Waals surface area (Å²) in [7, 11) is 0. The molecule has 0 radical (unpaired) electrons. The summed E-state index contributed by atoms with van der Waals surface area (Å²) in [6.07, 6.45) is 4.91. The maximum absolute atomic E-state index is 9.65. The molecule has 0 aliphatic carbocycles. The Hall–Kier alpha value is -0.120. The summed E-state index contributed by atoms with van der Waals surface area (Å²) >= 11 is 0. The Morgan fingerprint density at radius 3 is 2.67 bits per heavy atom. The summed E-state index contributed by atoms with van der Waals surface area (Å²) in [5.41, 5.74) is 0. The van der Waals surface area contributed by atoms with Crippen molar-refractivity contribution in [2.45, 2.75) is 44.8 Å². The van der Waals surface area contributed by atoms with E-state index in [1.807, 2.05) is 6.92 Å². The Morgan fingerprint density at radius 2 is 2.00 bits per heavy atom. The molecule has 2 rings (SSSR count). The van der Waals surface area contributed by atoms with E-state index in [-0.39, 0.29) is 6.10 Å². The Labute approximate surface area is 92.8 Å². The number of rotatable bonds is 2. The number of likely N-dealkylation sites (tertiary alicyclic amines) is 1. The molecule has 2 N–H and O–H groups in total. The second-order valence-corrected chi connectivity index (χ2v) is 5.12. The van der Waals surface area contributed by atoms with Gasteiger partial charge in [-0.15, -0.1) is 0 Å². The number of hydrogen-bond acceptors (Lipinski definition) is 3. The molecule has 0 bridgehead atoms. The molecule has 2 heterocycles. The molecule has 0 unspecified atom stereocenters. The lowest BCUT2D eigenvalue weighted by Gasteiger charge is -2.40. The molecule has 3 nitrogen and oxygen atoms in total. The minimum Gasteiger partial charge on any atom is -0.393 e. The summed E-state index contributed by atoms with van der Waals surface area (Å²) in [4.78, 5) is 2.61. The molecule has 2 aliphatic heterocycles. The molecule has 0 spiro atoms. The van der Waals surface area contributed by atoms with Crippen LogP contribution in [0.1, 0.15) is 32.6 Å². The third-order valence-electron chi connectivity index (χ3n) is 4.00. The van der Waals surface area contributed by atoms with Crippen molar-refractivity contribution in [1.82, 2.24) is 10.2 Å². The molecule has 0 aromatic rings. The number of nitrogens with one attached hydrogen (secondary N) is 1. The topological polar surface area (TPSA) is 35.5 Å². The molecule has 2 aliphatic rings. The van der Waals surface area contributed by atoms with Crippen molar-refractivity contribution in [1.29, 1.82) is 0 Å². The van der Waals surface area contributed by atoms with Gasteiger partial charge in [-0.2, -0.15) is 0 Å². The van der Waals surface area contributed by atoms with Gasteiger partial charge in [0.15, 0.2) is 0 Å². The van der Waals surface area contributed by atoms with Crippen LogP contribution in [0.2, 0.25) is 0 Å². The Morgan fingerprint density at radius 1 is 1.27 bits per heavy atom. The van der Waals surface area contributed by atoms with Crippen molar-refractivity contribution in [2.24, 2.45) is 5.92 Å². The molecule has 0 saturated carbocycles. The summed E-state index contributed by atoms with van der Waals surface area (Å²) in [5, 5.41) is 13.1. The fourth-order valence-corrected chi connectivity index (χ4v) is 2.94. The second-order valence-electron chi connectivity index (χ2n) is 5.12. The highest BCUT2D eigenvalue weighted by Gasteiger charge is 2.28. The van der Waals surface area contributed by atoms with Crippen molar-refractivity contribution in [3.8, 4) is 0 Å². The van der Waals surface area contributed by atoms with Gasteiger partial charge in [-0.3, -0.25) is 4.90 Å². The molecule has 0 aromatic carbocycles. The molecule has 2 atom stereocenters. The van der Waals surface area contributed by atoms with Gasteiger partial charge in [0.25, 0.3) is 0 Å². The van der Waals surface area contributed by atoms with E-state index in [2.05, 4.69) is 10.2 Å². The van der Waals surface area contributed by atoms with Crippen molar-refractivity contribution in [3.63, 3.8) is 0 Å². The van der Waals surface area contributed by atoms with Gasteiger partial charge in [-0.05, 0) is 58.2 Å². The normalized spacial score (nSPS) is 32.8. The van der Waals surface area contributed by atoms with E-state index in [0.717, 1.165) is 12.6 Å². The number of nitrogens with zero attached hydrogens (tertiary/aromatic N) is 1. The van der Waals surface area contributed by atoms with Crippen molar-refractivity contribution in [3.05, 3.63) is 0 Å². The van der Waals surface area contributed by atoms with E-state index >= 15 is 0 Å². The SMILES string of the molecule is C[C@H](O)[C@H]1CCCN(C2CCNCC2)C1. The van der Waals surface area contributed by atoms with E-state index in [4.69, 9.17) is 0 Å². The van der Waals surface area contributed by atoms with Crippen LogP contribution < -0.4 is 5.32 Å². The van der Waals surface area contributed by atoms with Gasteiger partial charge in [-0.25, -0.2) is 0 Å². The molecule has 15 heavy (non-hydrogen) atoms. The third kappa shape index (κ3) is 2.92. The molecule has 0 aromatic heterocycles. The number of aliphatic hydroxyl groups excluding tert-OH is 1. The molecule has 2 fully saturated rings. The standard InChI is InChI=1S/C12H24N2O/c1-10(15)11-3-2-8-14(9-11)12-4-6-13-7-5-12/h10-13,15H,2-9H2,1H3/t10-,11-/m0/s1. The van der Waals surface area contributed by atoms with Crippen LogP contribution in [0.4, 0.5) is 0 Å². The molecule has 3 heteroatoms.